The Hall–Kier alpha value is -2.33. The van der Waals surface area contributed by atoms with Crippen molar-refractivity contribution in [2.24, 2.45) is 0 Å². The number of hydrogen-bond acceptors (Lipinski definition) is 5. The van der Waals surface area contributed by atoms with Crippen LogP contribution in [-0.4, -0.2) is 43.4 Å². The minimum Gasteiger partial charge on any atom is -0.326 e. The normalized spacial score (nSPS) is 16.8. The van der Waals surface area contributed by atoms with E-state index in [1.807, 2.05) is 25.1 Å². The second-order valence-electron chi connectivity index (χ2n) is 7.73. The van der Waals surface area contributed by atoms with E-state index < -0.39 is 5.54 Å². The third-order valence-corrected chi connectivity index (χ3v) is 6.98. The lowest BCUT2D eigenvalue weighted by molar-refractivity contribution is -0.133. The smallest absolute Gasteiger partial charge is 0.236 e. The van der Waals surface area contributed by atoms with Crippen molar-refractivity contribution in [3.8, 4) is 17.5 Å². The van der Waals surface area contributed by atoms with Gasteiger partial charge in [-0.2, -0.15) is 5.26 Å². The standard InChI is InChI=1S/C22H29N5OS/c1-5-27-19(18-12-8-7-11-16(18)2)24-25-21(27)29-17(3)20(28)26(4)22(15-23)13-9-6-10-14-22/h7-8,11-12,17H,5-6,9-10,13-14H2,1-4H3/t17-/m0/s1. The van der Waals surface area contributed by atoms with Crippen molar-refractivity contribution < 1.29 is 4.79 Å². The maximum absolute atomic E-state index is 13.1. The van der Waals surface area contributed by atoms with Crippen LogP contribution in [0.5, 0.6) is 0 Å². The molecule has 6 nitrogen and oxygen atoms in total. The third-order valence-electron chi connectivity index (χ3n) is 5.91. The van der Waals surface area contributed by atoms with Gasteiger partial charge >= 0.3 is 0 Å². The van der Waals surface area contributed by atoms with Gasteiger partial charge in [-0.05, 0) is 39.2 Å². The molecule has 154 valence electrons. The predicted octanol–water partition coefficient (Wildman–Crippen LogP) is 4.44. The summed E-state index contributed by atoms with van der Waals surface area (Å²) in [5, 5.41) is 19.0. The summed E-state index contributed by atoms with van der Waals surface area (Å²) in [6.45, 7) is 6.72. The number of nitriles is 1. The molecule has 0 radical (unpaired) electrons. The molecular weight excluding hydrogens is 382 g/mol. The first-order valence-corrected chi connectivity index (χ1v) is 11.2. The molecule has 0 spiro atoms. The number of aromatic nitrogens is 3. The van der Waals surface area contributed by atoms with Gasteiger partial charge in [0, 0.05) is 19.2 Å². The first-order chi connectivity index (χ1) is 13.9. The van der Waals surface area contributed by atoms with E-state index >= 15 is 0 Å². The summed E-state index contributed by atoms with van der Waals surface area (Å²) in [6, 6.07) is 10.5. The largest absolute Gasteiger partial charge is 0.326 e. The number of thioether (sulfide) groups is 1. The molecule has 1 aliphatic rings. The monoisotopic (exact) mass is 411 g/mol. The van der Waals surface area contributed by atoms with Crippen molar-refractivity contribution in [2.75, 3.05) is 7.05 Å². The highest BCUT2D eigenvalue weighted by Gasteiger charge is 2.40. The van der Waals surface area contributed by atoms with Crippen LogP contribution in [0.25, 0.3) is 11.4 Å². The molecule has 1 heterocycles. The van der Waals surface area contributed by atoms with Crippen molar-refractivity contribution in [3.05, 3.63) is 29.8 Å². The number of benzene rings is 1. The van der Waals surface area contributed by atoms with E-state index in [9.17, 15) is 10.1 Å². The summed E-state index contributed by atoms with van der Waals surface area (Å²) >= 11 is 1.41. The number of carbonyl (C=O) groups is 1. The first-order valence-electron chi connectivity index (χ1n) is 10.3. The van der Waals surface area contributed by atoms with Crippen molar-refractivity contribution in [1.82, 2.24) is 19.7 Å². The quantitative estimate of drug-likeness (QED) is 0.657. The van der Waals surface area contributed by atoms with Crippen LogP contribution in [0.1, 0.15) is 51.5 Å². The molecule has 1 saturated carbocycles. The summed E-state index contributed by atoms with van der Waals surface area (Å²) in [5.74, 6) is 0.795. The van der Waals surface area contributed by atoms with Crippen molar-refractivity contribution in [2.45, 2.75) is 75.4 Å². The molecule has 1 amide bonds. The average molecular weight is 412 g/mol. The zero-order valence-electron chi connectivity index (χ0n) is 17.7. The topological polar surface area (TPSA) is 74.8 Å². The fourth-order valence-electron chi connectivity index (χ4n) is 4.04. The van der Waals surface area contributed by atoms with E-state index in [1.165, 1.54) is 11.8 Å². The molecule has 0 saturated heterocycles. The number of hydrogen-bond donors (Lipinski definition) is 0. The number of amides is 1. The second kappa shape index (κ2) is 9.00. The average Bonchev–Trinajstić information content (AvgIpc) is 3.15. The molecule has 3 rings (SSSR count). The molecule has 1 atom stereocenters. The molecule has 1 fully saturated rings. The molecule has 2 aromatic rings. The third kappa shape index (κ3) is 4.18. The van der Waals surface area contributed by atoms with Crippen molar-refractivity contribution >= 4 is 17.7 Å². The Morgan fingerprint density at radius 2 is 2.00 bits per heavy atom. The van der Waals surface area contributed by atoms with Crippen LogP contribution in [0.3, 0.4) is 0 Å². The van der Waals surface area contributed by atoms with Gasteiger partial charge in [-0.3, -0.25) is 4.79 Å². The van der Waals surface area contributed by atoms with Crippen molar-refractivity contribution in [3.63, 3.8) is 0 Å². The van der Waals surface area contributed by atoms with Crippen LogP contribution < -0.4 is 0 Å². The fourth-order valence-corrected chi connectivity index (χ4v) is 5.04. The van der Waals surface area contributed by atoms with E-state index in [1.54, 1.807) is 11.9 Å². The molecule has 7 heteroatoms. The Labute approximate surface area is 177 Å². The first kappa shape index (κ1) is 21.4. The summed E-state index contributed by atoms with van der Waals surface area (Å²) < 4.78 is 2.05. The molecule has 29 heavy (non-hydrogen) atoms. The van der Waals surface area contributed by atoms with Gasteiger partial charge in [0.15, 0.2) is 11.0 Å². The molecule has 1 aliphatic carbocycles. The van der Waals surface area contributed by atoms with E-state index in [4.69, 9.17) is 0 Å². The SMILES string of the molecule is CCn1c(S[C@@H](C)C(=O)N(C)C2(C#N)CCCCC2)nnc1-c1ccccc1C. The predicted molar refractivity (Wildman–Crippen MR) is 115 cm³/mol. The Morgan fingerprint density at radius 3 is 2.62 bits per heavy atom. The number of nitrogens with zero attached hydrogens (tertiary/aromatic N) is 5. The van der Waals surface area contributed by atoms with Gasteiger partial charge in [-0.1, -0.05) is 55.3 Å². The maximum atomic E-state index is 13.1. The molecule has 1 aromatic carbocycles. The molecule has 1 aromatic heterocycles. The van der Waals surface area contributed by atoms with Gasteiger partial charge in [0.2, 0.25) is 5.91 Å². The zero-order chi connectivity index (χ0) is 21.0. The lowest BCUT2D eigenvalue weighted by atomic mass is 9.81. The summed E-state index contributed by atoms with van der Waals surface area (Å²) in [4.78, 5) is 14.8. The highest BCUT2D eigenvalue weighted by molar-refractivity contribution is 8.00. The highest BCUT2D eigenvalue weighted by Crippen LogP contribution is 2.35. The number of rotatable bonds is 6. The van der Waals surface area contributed by atoms with Crippen LogP contribution in [0.2, 0.25) is 0 Å². The molecule has 0 aliphatic heterocycles. The highest BCUT2D eigenvalue weighted by atomic mass is 32.2. The van der Waals surface area contributed by atoms with Gasteiger partial charge in [0.25, 0.3) is 0 Å². The van der Waals surface area contributed by atoms with Crippen molar-refractivity contribution in [1.29, 1.82) is 5.26 Å². The lowest BCUT2D eigenvalue weighted by Gasteiger charge is -2.40. The Morgan fingerprint density at radius 1 is 1.31 bits per heavy atom. The second-order valence-corrected chi connectivity index (χ2v) is 9.03. The van der Waals surface area contributed by atoms with Gasteiger partial charge in [-0.15, -0.1) is 10.2 Å². The molecule has 0 bridgehead atoms. The van der Waals surface area contributed by atoms with Crippen LogP contribution in [0, 0.1) is 18.3 Å². The number of carbonyl (C=O) groups excluding carboxylic acids is 1. The van der Waals surface area contributed by atoms with Gasteiger partial charge in [0.05, 0.1) is 11.3 Å². The van der Waals surface area contributed by atoms with Crippen LogP contribution in [0.4, 0.5) is 0 Å². The maximum Gasteiger partial charge on any atom is 0.236 e. The Balaban J connectivity index is 1.80. The summed E-state index contributed by atoms with van der Waals surface area (Å²) in [6.07, 6.45) is 4.64. The van der Waals surface area contributed by atoms with E-state index in [-0.39, 0.29) is 11.2 Å². The van der Waals surface area contributed by atoms with Crippen LogP contribution >= 0.6 is 11.8 Å². The van der Waals surface area contributed by atoms with E-state index in [0.29, 0.717) is 0 Å². The minimum absolute atomic E-state index is 0.0263. The molecular formula is C22H29N5OS. The van der Waals surface area contributed by atoms with Crippen LogP contribution in [0.15, 0.2) is 29.4 Å². The molecule has 0 N–H and O–H groups in total. The van der Waals surface area contributed by atoms with Gasteiger partial charge < -0.3 is 9.47 Å². The Bertz CT molecular complexity index is 910. The Kier molecular flexibility index (Phi) is 6.63. The lowest BCUT2D eigenvalue weighted by Crippen LogP contribution is -2.52. The van der Waals surface area contributed by atoms with Gasteiger partial charge in [-0.25, -0.2) is 0 Å². The van der Waals surface area contributed by atoms with E-state index in [0.717, 1.165) is 60.8 Å². The summed E-state index contributed by atoms with van der Waals surface area (Å²) in [5.41, 5.74) is 1.52. The minimum atomic E-state index is -0.672. The zero-order valence-corrected chi connectivity index (χ0v) is 18.5. The van der Waals surface area contributed by atoms with Gasteiger partial charge in [0.1, 0.15) is 5.54 Å². The van der Waals surface area contributed by atoms with E-state index in [2.05, 4.69) is 40.7 Å². The molecule has 0 unspecified atom stereocenters. The fraction of sp³-hybridized carbons (Fsp3) is 0.545. The summed E-state index contributed by atoms with van der Waals surface area (Å²) in [7, 11) is 1.78. The number of aryl methyl sites for hydroxylation is 1. The van der Waals surface area contributed by atoms with Crippen LogP contribution in [-0.2, 0) is 11.3 Å².